The van der Waals surface area contributed by atoms with E-state index in [9.17, 15) is 9.59 Å². The second-order valence-corrected chi connectivity index (χ2v) is 4.28. The summed E-state index contributed by atoms with van der Waals surface area (Å²) in [6.07, 6.45) is 1.66. The Bertz CT molecular complexity index is 384. The smallest absolute Gasteiger partial charge is 0.320 e. The van der Waals surface area contributed by atoms with Gasteiger partial charge in [-0.25, -0.2) is 0 Å². The van der Waals surface area contributed by atoms with E-state index in [-0.39, 0.29) is 6.10 Å². The van der Waals surface area contributed by atoms with Crippen LogP contribution in [0.1, 0.15) is 13.8 Å². The Balaban J connectivity index is 2.15. The van der Waals surface area contributed by atoms with E-state index in [0.29, 0.717) is 0 Å². The first kappa shape index (κ1) is 8.17. The number of ether oxygens (including phenoxy) is 2. The van der Waals surface area contributed by atoms with Gasteiger partial charge in [0.15, 0.2) is 0 Å². The van der Waals surface area contributed by atoms with Crippen LogP contribution in [0, 0.1) is 11.8 Å². The Labute approximate surface area is 80.9 Å². The fourth-order valence-corrected chi connectivity index (χ4v) is 2.72. The van der Waals surface area contributed by atoms with Gasteiger partial charge in [-0.3, -0.25) is 9.59 Å². The second kappa shape index (κ2) is 2.08. The molecule has 1 unspecified atom stereocenters. The number of hydrogen-bond donors (Lipinski definition) is 0. The lowest BCUT2D eigenvalue weighted by Crippen LogP contribution is -2.37. The van der Waals surface area contributed by atoms with Gasteiger partial charge < -0.3 is 9.47 Å². The SMILES string of the molecule is CC1=CC2O[C@]1(C)[C@H]1C(=O)OC(=O)[C@@H]21. The molecule has 4 atom stereocenters. The first-order chi connectivity index (χ1) is 6.54. The van der Waals surface area contributed by atoms with Gasteiger partial charge in [0.2, 0.25) is 0 Å². The fourth-order valence-electron chi connectivity index (χ4n) is 2.72. The van der Waals surface area contributed by atoms with Crippen LogP contribution in [0.5, 0.6) is 0 Å². The molecule has 2 fully saturated rings. The third-order valence-corrected chi connectivity index (χ3v) is 3.61. The Morgan fingerprint density at radius 2 is 2.07 bits per heavy atom. The number of cyclic esters (lactones) is 2. The van der Waals surface area contributed by atoms with Crippen molar-refractivity contribution >= 4 is 11.9 Å². The quantitative estimate of drug-likeness (QED) is 0.318. The van der Waals surface area contributed by atoms with E-state index in [2.05, 4.69) is 4.74 Å². The zero-order valence-corrected chi connectivity index (χ0v) is 7.94. The van der Waals surface area contributed by atoms with Crippen molar-refractivity contribution in [2.75, 3.05) is 0 Å². The van der Waals surface area contributed by atoms with E-state index < -0.39 is 29.4 Å². The van der Waals surface area contributed by atoms with E-state index in [1.54, 1.807) is 0 Å². The topological polar surface area (TPSA) is 52.6 Å². The molecule has 0 spiro atoms. The molecule has 0 N–H and O–H groups in total. The molecule has 3 aliphatic rings. The minimum atomic E-state index is -0.613. The van der Waals surface area contributed by atoms with Gasteiger partial charge in [0.05, 0.1) is 6.10 Å². The van der Waals surface area contributed by atoms with Crippen molar-refractivity contribution in [2.45, 2.75) is 25.6 Å². The zero-order valence-electron chi connectivity index (χ0n) is 7.94. The Morgan fingerprint density at radius 1 is 1.36 bits per heavy atom. The van der Waals surface area contributed by atoms with Crippen LogP contribution < -0.4 is 0 Å². The molecule has 3 heterocycles. The Hall–Kier alpha value is -1.16. The van der Waals surface area contributed by atoms with E-state index in [1.807, 2.05) is 19.9 Å². The molecule has 0 aliphatic carbocycles. The lowest BCUT2D eigenvalue weighted by atomic mass is 9.74. The van der Waals surface area contributed by atoms with Gasteiger partial charge >= 0.3 is 11.9 Å². The lowest BCUT2D eigenvalue weighted by molar-refractivity contribution is -0.158. The monoisotopic (exact) mass is 194 g/mol. The predicted octanol–water partition coefficient (Wildman–Crippen LogP) is 0.420. The number of esters is 2. The van der Waals surface area contributed by atoms with Crippen LogP contribution in [-0.4, -0.2) is 23.6 Å². The van der Waals surface area contributed by atoms with Crippen molar-refractivity contribution in [1.82, 2.24) is 0 Å². The molecule has 4 nitrogen and oxygen atoms in total. The summed E-state index contributed by atoms with van der Waals surface area (Å²) in [6.45, 7) is 3.77. The van der Waals surface area contributed by atoms with Crippen LogP contribution in [0.2, 0.25) is 0 Å². The number of carbonyl (C=O) groups excluding carboxylic acids is 2. The van der Waals surface area contributed by atoms with Crippen LogP contribution >= 0.6 is 0 Å². The molecule has 74 valence electrons. The molecule has 2 bridgehead atoms. The first-order valence-electron chi connectivity index (χ1n) is 4.66. The van der Waals surface area contributed by atoms with Crippen molar-refractivity contribution in [2.24, 2.45) is 11.8 Å². The van der Waals surface area contributed by atoms with E-state index in [1.165, 1.54) is 0 Å². The van der Waals surface area contributed by atoms with Crippen molar-refractivity contribution in [3.63, 3.8) is 0 Å². The third kappa shape index (κ3) is 0.661. The maximum atomic E-state index is 11.5. The molecular formula is C10H10O4. The number of fused-ring (bicyclic) bond motifs is 5. The van der Waals surface area contributed by atoms with Gasteiger partial charge in [0.1, 0.15) is 17.4 Å². The summed E-state index contributed by atoms with van der Waals surface area (Å²) in [5.74, 6) is -1.70. The summed E-state index contributed by atoms with van der Waals surface area (Å²) < 4.78 is 10.3. The molecule has 0 aromatic carbocycles. The average molecular weight is 194 g/mol. The van der Waals surface area contributed by atoms with Gasteiger partial charge in [-0.2, -0.15) is 0 Å². The van der Waals surface area contributed by atoms with Crippen LogP contribution in [0.3, 0.4) is 0 Å². The minimum Gasteiger partial charge on any atom is -0.393 e. The van der Waals surface area contributed by atoms with Crippen LogP contribution in [-0.2, 0) is 19.1 Å². The van der Waals surface area contributed by atoms with Crippen molar-refractivity contribution < 1.29 is 19.1 Å². The molecule has 2 saturated heterocycles. The molecule has 0 aromatic heterocycles. The number of carbonyl (C=O) groups is 2. The minimum absolute atomic E-state index is 0.260. The molecule has 3 aliphatic heterocycles. The summed E-state index contributed by atoms with van der Waals surface area (Å²) in [5, 5.41) is 0. The van der Waals surface area contributed by atoms with Gasteiger partial charge in [-0.1, -0.05) is 6.08 Å². The largest absolute Gasteiger partial charge is 0.393 e. The average Bonchev–Trinajstić information content (AvgIpc) is 2.62. The van der Waals surface area contributed by atoms with E-state index in [0.717, 1.165) is 5.57 Å². The lowest BCUT2D eigenvalue weighted by Gasteiger charge is -2.26. The maximum absolute atomic E-state index is 11.5. The second-order valence-electron chi connectivity index (χ2n) is 4.28. The summed E-state index contributed by atoms with van der Waals surface area (Å²) >= 11 is 0. The van der Waals surface area contributed by atoms with Gasteiger partial charge in [-0.15, -0.1) is 0 Å². The summed E-state index contributed by atoms with van der Waals surface area (Å²) in [5.41, 5.74) is 0.411. The highest BCUT2D eigenvalue weighted by atomic mass is 16.6. The van der Waals surface area contributed by atoms with E-state index >= 15 is 0 Å². The fraction of sp³-hybridized carbons (Fsp3) is 0.600. The first-order valence-corrected chi connectivity index (χ1v) is 4.66. The Morgan fingerprint density at radius 3 is 2.79 bits per heavy atom. The summed E-state index contributed by atoms with van der Waals surface area (Å²) in [7, 11) is 0. The normalized spacial score (nSPS) is 49.3. The predicted molar refractivity (Wildman–Crippen MR) is 45.1 cm³/mol. The van der Waals surface area contributed by atoms with Gasteiger partial charge in [0, 0.05) is 0 Å². The third-order valence-electron chi connectivity index (χ3n) is 3.61. The molecule has 0 saturated carbocycles. The molecule has 0 radical (unpaired) electrons. The van der Waals surface area contributed by atoms with Crippen LogP contribution in [0.25, 0.3) is 0 Å². The van der Waals surface area contributed by atoms with E-state index in [4.69, 9.17) is 4.74 Å². The highest BCUT2D eigenvalue weighted by molar-refractivity contribution is 5.99. The molecular weight excluding hydrogens is 184 g/mol. The van der Waals surface area contributed by atoms with Gasteiger partial charge in [0.25, 0.3) is 0 Å². The van der Waals surface area contributed by atoms with Crippen molar-refractivity contribution in [3.8, 4) is 0 Å². The highest BCUT2D eigenvalue weighted by Crippen LogP contribution is 2.53. The summed E-state index contributed by atoms with van der Waals surface area (Å²) in [6, 6.07) is 0. The number of hydrogen-bond acceptors (Lipinski definition) is 4. The standard InChI is InChI=1S/C10H10O4/c1-4-3-5-6-7(10(4,2)14-5)9(12)13-8(6)11/h3,5-7H,1-2H3/t5?,6-,7+,10-/m0/s1. The van der Waals surface area contributed by atoms with Crippen LogP contribution in [0.15, 0.2) is 11.6 Å². The molecule has 14 heavy (non-hydrogen) atoms. The van der Waals surface area contributed by atoms with Crippen molar-refractivity contribution in [1.29, 1.82) is 0 Å². The van der Waals surface area contributed by atoms with Crippen LogP contribution in [0.4, 0.5) is 0 Å². The molecule has 0 aromatic rings. The van der Waals surface area contributed by atoms with Gasteiger partial charge in [-0.05, 0) is 19.4 Å². The number of rotatable bonds is 0. The molecule has 4 heteroatoms. The highest BCUT2D eigenvalue weighted by Gasteiger charge is 2.66. The van der Waals surface area contributed by atoms with Crippen molar-refractivity contribution in [3.05, 3.63) is 11.6 Å². The Kier molecular flexibility index (Phi) is 1.22. The maximum Gasteiger partial charge on any atom is 0.320 e. The zero-order chi connectivity index (χ0) is 10.1. The molecule has 3 rings (SSSR count). The molecule has 0 amide bonds. The summed E-state index contributed by atoms with van der Waals surface area (Å²) in [4.78, 5) is 22.8.